The van der Waals surface area contributed by atoms with E-state index in [-0.39, 0.29) is 0 Å². The first-order valence-electron chi connectivity index (χ1n) is 9.51. The number of carbonyl (C=O) groups excluding carboxylic acids is 1. The van der Waals surface area contributed by atoms with Gasteiger partial charge in [0.05, 0.1) is 30.6 Å². The van der Waals surface area contributed by atoms with Gasteiger partial charge in [-0.25, -0.2) is 4.79 Å². The summed E-state index contributed by atoms with van der Waals surface area (Å²) in [5.74, 6) is 0.278. The molecule has 0 aliphatic carbocycles. The molecule has 0 atom stereocenters. The van der Waals surface area contributed by atoms with Gasteiger partial charge in [0.15, 0.2) is 0 Å². The molecule has 29 heavy (non-hydrogen) atoms. The molecule has 0 bridgehead atoms. The number of fused-ring (bicyclic) bond motifs is 3. The maximum absolute atomic E-state index is 12.7. The number of nitrogens with one attached hydrogen (secondary N) is 1. The van der Waals surface area contributed by atoms with Gasteiger partial charge in [-0.3, -0.25) is 4.98 Å². The van der Waals surface area contributed by atoms with Crippen LogP contribution in [-0.4, -0.2) is 24.7 Å². The van der Waals surface area contributed by atoms with Crippen LogP contribution in [-0.2, 0) is 4.74 Å². The van der Waals surface area contributed by atoms with Crippen molar-refractivity contribution in [2.45, 2.75) is 13.8 Å². The van der Waals surface area contributed by atoms with Gasteiger partial charge in [-0.2, -0.15) is 0 Å². The van der Waals surface area contributed by atoms with Crippen molar-refractivity contribution in [1.82, 2.24) is 4.98 Å². The molecule has 0 saturated heterocycles. The number of hydrogen-bond donors (Lipinski definition) is 1. The summed E-state index contributed by atoms with van der Waals surface area (Å²) < 4.78 is 10.8. The highest BCUT2D eigenvalue weighted by atomic mass is 16.5. The van der Waals surface area contributed by atoms with Crippen molar-refractivity contribution in [1.29, 1.82) is 0 Å². The van der Waals surface area contributed by atoms with Gasteiger partial charge < -0.3 is 14.8 Å². The number of benzene rings is 3. The first-order chi connectivity index (χ1) is 14.1. The number of hydrogen-bond acceptors (Lipinski definition) is 5. The monoisotopic (exact) mass is 386 g/mol. The number of carbonyl (C=O) groups is 1. The van der Waals surface area contributed by atoms with E-state index in [9.17, 15) is 4.79 Å². The molecule has 0 saturated carbocycles. The number of nitrogens with zero attached hydrogens (tertiary/aromatic N) is 1. The van der Waals surface area contributed by atoms with Crippen LogP contribution in [0.3, 0.4) is 0 Å². The minimum absolute atomic E-state index is 0.293. The van der Waals surface area contributed by atoms with E-state index in [4.69, 9.17) is 9.47 Å². The third kappa shape index (κ3) is 3.47. The maximum atomic E-state index is 12.7. The average molecular weight is 386 g/mol. The number of pyridine rings is 1. The lowest BCUT2D eigenvalue weighted by molar-refractivity contribution is 0.0527. The molecule has 5 heteroatoms. The van der Waals surface area contributed by atoms with Crippen LogP contribution in [0.15, 0.2) is 60.8 Å². The number of aryl methyl sites for hydroxylation is 1. The van der Waals surface area contributed by atoms with Crippen molar-refractivity contribution >= 4 is 39.0 Å². The molecular weight excluding hydrogens is 364 g/mol. The highest BCUT2D eigenvalue weighted by Crippen LogP contribution is 2.36. The van der Waals surface area contributed by atoms with E-state index in [0.717, 1.165) is 32.9 Å². The molecule has 0 fully saturated rings. The van der Waals surface area contributed by atoms with Crippen molar-refractivity contribution in [2.24, 2.45) is 0 Å². The Morgan fingerprint density at radius 3 is 2.69 bits per heavy atom. The van der Waals surface area contributed by atoms with Crippen molar-refractivity contribution in [3.8, 4) is 5.75 Å². The Labute approximate surface area is 169 Å². The summed E-state index contributed by atoms with van der Waals surface area (Å²) in [4.78, 5) is 17.3. The zero-order chi connectivity index (χ0) is 20.4. The van der Waals surface area contributed by atoms with Crippen LogP contribution < -0.4 is 10.1 Å². The minimum Gasteiger partial charge on any atom is -0.495 e. The number of ether oxygens (including phenoxy) is 2. The quantitative estimate of drug-likeness (QED) is 0.356. The first kappa shape index (κ1) is 18.7. The van der Waals surface area contributed by atoms with Crippen LogP contribution in [0.2, 0.25) is 0 Å². The Balaban J connectivity index is 1.98. The third-order valence-electron chi connectivity index (χ3n) is 4.87. The van der Waals surface area contributed by atoms with Crippen LogP contribution in [0.5, 0.6) is 5.75 Å². The molecule has 0 aliphatic heterocycles. The fraction of sp³-hybridized carbons (Fsp3) is 0.167. The number of esters is 1. The zero-order valence-electron chi connectivity index (χ0n) is 16.7. The number of anilines is 2. The van der Waals surface area contributed by atoms with Crippen molar-refractivity contribution in [2.75, 3.05) is 19.0 Å². The Morgan fingerprint density at radius 1 is 1.07 bits per heavy atom. The molecule has 146 valence electrons. The molecule has 5 nitrogen and oxygen atoms in total. The van der Waals surface area contributed by atoms with Gasteiger partial charge in [0.1, 0.15) is 11.3 Å². The minimum atomic E-state index is -0.413. The van der Waals surface area contributed by atoms with Gasteiger partial charge in [-0.05, 0) is 36.9 Å². The van der Waals surface area contributed by atoms with E-state index in [2.05, 4.69) is 10.3 Å². The highest BCUT2D eigenvalue weighted by Gasteiger charge is 2.19. The first-order valence-corrected chi connectivity index (χ1v) is 9.51. The summed E-state index contributed by atoms with van der Waals surface area (Å²) in [5.41, 5.74) is 3.72. The molecule has 1 N–H and O–H groups in total. The largest absolute Gasteiger partial charge is 0.495 e. The van der Waals surface area contributed by atoms with Crippen LogP contribution >= 0.6 is 0 Å². The van der Waals surface area contributed by atoms with Gasteiger partial charge in [0.2, 0.25) is 0 Å². The van der Waals surface area contributed by atoms with E-state index in [1.807, 2.05) is 61.5 Å². The molecule has 0 spiro atoms. The Morgan fingerprint density at radius 2 is 1.90 bits per heavy atom. The van der Waals surface area contributed by atoms with E-state index in [1.54, 1.807) is 20.2 Å². The molecule has 0 amide bonds. The topological polar surface area (TPSA) is 60.5 Å². The van der Waals surface area contributed by atoms with Gasteiger partial charge in [0, 0.05) is 17.0 Å². The SMILES string of the molecule is CCOC(=O)c1cnc2c(ccc3ccccc32)c1Nc1cc(C)ccc1OC. The van der Waals surface area contributed by atoms with E-state index < -0.39 is 5.97 Å². The summed E-state index contributed by atoms with van der Waals surface area (Å²) in [7, 11) is 1.63. The normalized spacial score (nSPS) is 10.9. The number of methoxy groups -OCH3 is 1. The van der Waals surface area contributed by atoms with Crippen molar-refractivity contribution in [3.63, 3.8) is 0 Å². The summed E-state index contributed by atoms with van der Waals surface area (Å²) in [6.07, 6.45) is 1.58. The number of aromatic nitrogens is 1. The summed E-state index contributed by atoms with van der Waals surface area (Å²) in [5, 5.41) is 6.38. The van der Waals surface area contributed by atoms with Crippen LogP contribution in [0.4, 0.5) is 11.4 Å². The van der Waals surface area contributed by atoms with E-state index in [0.29, 0.717) is 23.6 Å². The predicted molar refractivity (Wildman–Crippen MR) is 116 cm³/mol. The maximum Gasteiger partial charge on any atom is 0.341 e. The van der Waals surface area contributed by atoms with Crippen molar-refractivity contribution in [3.05, 3.63) is 71.9 Å². The highest BCUT2D eigenvalue weighted by molar-refractivity contribution is 6.13. The van der Waals surface area contributed by atoms with E-state index in [1.165, 1.54) is 0 Å². The second-order valence-electron chi connectivity index (χ2n) is 6.78. The Hall–Kier alpha value is -3.60. The summed E-state index contributed by atoms with van der Waals surface area (Å²) >= 11 is 0. The smallest absolute Gasteiger partial charge is 0.341 e. The Bertz CT molecular complexity index is 1220. The molecule has 1 heterocycles. The predicted octanol–water partition coefficient (Wildman–Crippen LogP) is 5.63. The van der Waals surface area contributed by atoms with Crippen LogP contribution in [0.25, 0.3) is 21.7 Å². The Kier molecular flexibility index (Phi) is 5.04. The average Bonchev–Trinajstić information content (AvgIpc) is 2.74. The molecule has 0 aliphatic rings. The second-order valence-corrected chi connectivity index (χ2v) is 6.78. The lowest BCUT2D eigenvalue weighted by atomic mass is 10.0. The zero-order valence-corrected chi connectivity index (χ0v) is 16.7. The third-order valence-corrected chi connectivity index (χ3v) is 4.87. The van der Waals surface area contributed by atoms with Gasteiger partial charge in [0.25, 0.3) is 0 Å². The fourth-order valence-electron chi connectivity index (χ4n) is 3.49. The van der Waals surface area contributed by atoms with Crippen molar-refractivity contribution < 1.29 is 14.3 Å². The van der Waals surface area contributed by atoms with Crippen LogP contribution in [0, 0.1) is 6.92 Å². The molecule has 3 aromatic carbocycles. The van der Waals surface area contributed by atoms with Gasteiger partial charge in [-0.15, -0.1) is 0 Å². The standard InChI is InChI=1S/C24H22N2O3/c1-4-29-24(27)19-14-25-22-17-8-6-5-7-16(17)10-11-18(22)23(19)26-20-13-15(2)9-12-21(20)28-3/h5-14H,4H2,1-3H3,(H,25,26). The lowest BCUT2D eigenvalue weighted by Crippen LogP contribution is -2.09. The molecule has 0 radical (unpaired) electrons. The molecule has 4 rings (SSSR count). The molecular formula is C24H22N2O3. The molecule has 1 aromatic heterocycles. The van der Waals surface area contributed by atoms with E-state index >= 15 is 0 Å². The second kappa shape index (κ2) is 7.80. The van der Waals surface area contributed by atoms with Gasteiger partial charge in [-0.1, -0.05) is 42.5 Å². The molecule has 0 unspecified atom stereocenters. The fourth-order valence-corrected chi connectivity index (χ4v) is 3.49. The summed E-state index contributed by atoms with van der Waals surface area (Å²) in [6, 6.07) is 18.0. The van der Waals surface area contributed by atoms with Gasteiger partial charge >= 0.3 is 5.97 Å². The number of rotatable bonds is 5. The summed E-state index contributed by atoms with van der Waals surface area (Å²) in [6.45, 7) is 4.09. The molecule has 4 aromatic rings. The van der Waals surface area contributed by atoms with Crippen LogP contribution in [0.1, 0.15) is 22.8 Å². The lowest BCUT2D eigenvalue weighted by Gasteiger charge is -2.17.